The van der Waals surface area contributed by atoms with E-state index >= 15 is 0 Å². The van der Waals surface area contributed by atoms with Crippen molar-refractivity contribution in [2.24, 2.45) is 5.73 Å². The highest BCUT2D eigenvalue weighted by Gasteiger charge is 2.07. The molecule has 0 aliphatic rings. The molecule has 0 amide bonds. The average molecular weight is 261 g/mol. The van der Waals surface area contributed by atoms with Gasteiger partial charge in [0.2, 0.25) is 0 Å². The third kappa shape index (κ3) is 2.52. The van der Waals surface area contributed by atoms with E-state index < -0.39 is 5.82 Å². The summed E-state index contributed by atoms with van der Waals surface area (Å²) >= 11 is 3.11. The van der Waals surface area contributed by atoms with Crippen LogP contribution in [0.25, 0.3) is 0 Å². The maximum Gasteiger partial charge on any atom is 0.153 e. The molecule has 1 rings (SSSR count). The number of hydrogen-bond donors (Lipinski definition) is 2. The van der Waals surface area contributed by atoms with Gasteiger partial charge >= 0.3 is 0 Å². The van der Waals surface area contributed by atoms with Gasteiger partial charge in [0.05, 0.1) is 5.56 Å². The molecule has 0 atom stereocenters. The molecular formula is C9H10BrFN2O. The lowest BCUT2D eigenvalue weighted by molar-refractivity contribution is 0.112. The van der Waals surface area contributed by atoms with E-state index in [1.807, 2.05) is 0 Å². The van der Waals surface area contributed by atoms with Crippen LogP contribution in [0.4, 0.5) is 10.1 Å². The molecule has 0 saturated heterocycles. The Morgan fingerprint density at radius 2 is 2.29 bits per heavy atom. The fourth-order valence-electron chi connectivity index (χ4n) is 1.06. The highest BCUT2D eigenvalue weighted by molar-refractivity contribution is 9.10. The molecule has 76 valence electrons. The van der Waals surface area contributed by atoms with Gasteiger partial charge in [0.15, 0.2) is 6.29 Å². The molecule has 0 heterocycles. The van der Waals surface area contributed by atoms with Crippen molar-refractivity contribution in [3.8, 4) is 0 Å². The molecule has 0 unspecified atom stereocenters. The van der Waals surface area contributed by atoms with Gasteiger partial charge < -0.3 is 11.1 Å². The summed E-state index contributed by atoms with van der Waals surface area (Å²) in [6.45, 7) is 0.920. The molecule has 0 aromatic heterocycles. The number of halogens is 2. The molecule has 1 aromatic rings. The van der Waals surface area contributed by atoms with E-state index in [9.17, 15) is 9.18 Å². The van der Waals surface area contributed by atoms with Crippen LogP contribution < -0.4 is 11.1 Å². The molecule has 0 aliphatic heterocycles. The lowest BCUT2D eigenvalue weighted by Gasteiger charge is -2.08. The fraction of sp³-hybridized carbons (Fsp3) is 0.222. The van der Waals surface area contributed by atoms with E-state index in [0.717, 1.165) is 0 Å². The van der Waals surface area contributed by atoms with Gasteiger partial charge in [0, 0.05) is 23.2 Å². The Morgan fingerprint density at radius 3 is 2.86 bits per heavy atom. The third-order valence-electron chi connectivity index (χ3n) is 1.67. The van der Waals surface area contributed by atoms with Gasteiger partial charge in [-0.25, -0.2) is 4.39 Å². The summed E-state index contributed by atoms with van der Waals surface area (Å²) in [5.74, 6) is -0.401. The summed E-state index contributed by atoms with van der Waals surface area (Å²) in [6.07, 6.45) is 0.669. The van der Waals surface area contributed by atoms with Crippen LogP contribution in [0.1, 0.15) is 10.4 Å². The second-order valence-corrected chi connectivity index (χ2v) is 3.54. The first-order valence-corrected chi connectivity index (χ1v) is 4.86. The smallest absolute Gasteiger partial charge is 0.153 e. The highest BCUT2D eigenvalue weighted by Crippen LogP contribution is 2.24. The maximum atomic E-state index is 13.0. The monoisotopic (exact) mass is 260 g/mol. The SMILES string of the molecule is NCCNc1cc(F)cc(Br)c1C=O. The topological polar surface area (TPSA) is 55.1 Å². The van der Waals surface area contributed by atoms with Crippen molar-refractivity contribution in [3.63, 3.8) is 0 Å². The Morgan fingerprint density at radius 1 is 1.57 bits per heavy atom. The van der Waals surface area contributed by atoms with Crippen molar-refractivity contribution >= 4 is 27.9 Å². The van der Waals surface area contributed by atoms with Crippen molar-refractivity contribution in [2.75, 3.05) is 18.4 Å². The largest absolute Gasteiger partial charge is 0.383 e. The number of benzene rings is 1. The van der Waals surface area contributed by atoms with E-state index in [4.69, 9.17) is 5.73 Å². The summed E-state index contributed by atoms with van der Waals surface area (Å²) in [7, 11) is 0. The molecule has 0 saturated carbocycles. The summed E-state index contributed by atoms with van der Waals surface area (Å²) in [4.78, 5) is 10.7. The predicted octanol–water partition coefficient (Wildman–Crippen LogP) is 1.77. The number of rotatable bonds is 4. The summed E-state index contributed by atoms with van der Waals surface area (Å²) in [5.41, 5.74) is 6.15. The zero-order valence-corrected chi connectivity index (χ0v) is 8.97. The molecule has 1 aromatic carbocycles. The molecule has 0 spiro atoms. The Bertz CT molecular complexity index is 344. The maximum absolute atomic E-state index is 13.0. The second kappa shape index (κ2) is 5.07. The van der Waals surface area contributed by atoms with Crippen LogP contribution in [0.3, 0.4) is 0 Å². The Kier molecular flexibility index (Phi) is 4.03. The first-order chi connectivity index (χ1) is 6.69. The number of aldehydes is 1. The van der Waals surface area contributed by atoms with Crippen LogP contribution in [-0.4, -0.2) is 19.4 Å². The Hall–Kier alpha value is -0.940. The number of hydrogen-bond acceptors (Lipinski definition) is 3. The minimum absolute atomic E-state index is 0.401. The van der Waals surface area contributed by atoms with E-state index in [1.165, 1.54) is 12.1 Å². The zero-order chi connectivity index (χ0) is 10.6. The standard InChI is InChI=1S/C9H10BrFN2O/c10-8-3-6(11)4-9(7(8)5-14)13-2-1-12/h3-5,13H,1-2,12H2. The molecule has 0 radical (unpaired) electrons. The van der Waals surface area contributed by atoms with Gasteiger partial charge in [-0.05, 0) is 28.1 Å². The molecule has 14 heavy (non-hydrogen) atoms. The molecule has 0 fully saturated rings. The zero-order valence-electron chi connectivity index (χ0n) is 7.39. The van der Waals surface area contributed by atoms with Crippen LogP contribution in [0.15, 0.2) is 16.6 Å². The predicted molar refractivity (Wildman–Crippen MR) is 57.0 cm³/mol. The fourth-order valence-corrected chi connectivity index (χ4v) is 1.58. The number of nitrogens with two attached hydrogens (primary N) is 1. The number of nitrogens with one attached hydrogen (secondary N) is 1. The summed E-state index contributed by atoms with van der Waals surface area (Å²) in [6, 6.07) is 2.52. The molecule has 3 nitrogen and oxygen atoms in total. The van der Waals surface area contributed by atoms with E-state index in [0.29, 0.717) is 35.1 Å². The molecular weight excluding hydrogens is 251 g/mol. The highest BCUT2D eigenvalue weighted by atomic mass is 79.9. The van der Waals surface area contributed by atoms with E-state index in [1.54, 1.807) is 0 Å². The van der Waals surface area contributed by atoms with Crippen LogP contribution in [0.5, 0.6) is 0 Å². The molecule has 5 heteroatoms. The quantitative estimate of drug-likeness (QED) is 0.812. The molecule has 0 bridgehead atoms. The van der Waals surface area contributed by atoms with Gasteiger partial charge in [0.1, 0.15) is 5.82 Å². The number of carbonyl (C=O) groups is 1. The second-order valence-electron chi connectivity index (χ2n) is 2.68. The first-order valence-electron chi connectivity index (χ1n) is 4.07. The van der Waals surface area contributed by atoms with E-state index in [-0.39, 0.29) is 0 Å². The van der Waals surface area contributed by atoms with Gasteiger partial charge in [-0.2, -0.15) is 0 Å². The van der Waals surface area contributed by atoms with Crippen molar-refractivity contribution in [1.29, 1.82) is 0 Å². The van der Waals surface area contributed by atoms with Gasteiger partial charge in [-0.1, -0.05) is 0 Å². The number of anilines is 1. The van der Waals surface area contributed by atoms with Gasteiger partial charge in [0.25, 0.3) is 0 Å². The van der Waals surface area contributed by atoms with Crippen molar-refractivity contribution in [3.05, 3.63) is 28.0 Å². The van der Waals surface area contributed by atoms with Crippen LogP contribution in [0, 0.1) is 5.82 Å². The Balaban J connectivity index is 3.05. The minimum atomic E-state index is -0.401. The lowest BCUT2D eigenvalue weighted by atomic mass is 10.2. The lowest BCUT2D eigenvalue weighted by Crippen LogP contribution is -2.14. The minimum Gasteiger partial charge on any atom is -0.383 e. The normalized spacial score (nSPS) is 9.93. The van der Waals surface area contributed by atoms with Crippen molar-refractivity contribution < 1.29 is 9.18 Å². The average Bonchev–Trinajstić information content (AvgIpc) is 2.14. The third-order valence-corrected chi connectivity index (χ3v) is 2.33. The summed E-state index contributed by atoms with van der Waals surface area (Å²) in [5, 5.41) is 2.87. The summed E-state index contributed by atoms with van der Waals surface area (Å²) < 4.78 is 13.4. The van der Waals surface area contributed by atoms with Crippen molar-refractivity contribution in [2.45, 2.75) is 0 Å². The van der Waals surface area contributed by atoms with Crippen LogP contribution in [-0.2, 0) is 0 Å². The molecule has 0 aliphatic carbocycles. The van der Waals surface area contributed by atoms with Gasteiger partial charge in [-0.3, -0.25) is 4.79 Å². The molecule has 3 N–H and O–H groups in total. The van der Waals surface area contributed by atoms with Crippen LogP contribution >= 0.6 is 15.9 Å². The van der Waals surface area contributed by atoms with Gasteiger partial charge in [-0.15, -0.1) is 0 Å². The van der Waals surface area contributed by atoms with Crippen molar-refractivity contribution in [1.82, 2.24) is 0 Å². The van der Waals surface area contributed by atoms with E-state index in [2.05, 4.69) is 21.2 Å². The van der Waals surface area contributed by atoms with Crippen LogP contribution in [0.2, 0.25) is 0 Å². The number of carbonyl (C=O) groups excluding carboxylic acids is 1. The first kappa shape index (κ1) is 11.1. The Labute approximate surface area is 89.6 Å².